The molecule has 0 fully saturated rings. The molecule has 1 atom stereocenters. The topological polar surface area (TPSA) is 26.9 Å². The van der Waals surface area contributed by atoms with E-state index in [0.717, 1.165) is 4.57 Å². The lowest BCUT2D eigenvalue weighted by Gasteiger charge is -2.15. The zero-order valence-electron chi connectivity index (χ0n) is 11.6. The molecule has 1 rings (SSSR count). The third kappa shape index (κ3) is 3.52. The van der Waals surface area contributed by atoms with Gasteiger partial charge in [-0.1, -0.05) is 19.1 Å². The summed E-state index contributed by atoms with van der Waals surface area (Å²) in [5.41, 5.74) is 0.436. The summed E-state index contributed by atoms with van der Waals surface area (Å²) in [5.74, 6) is -0.132. The van der Waals surface area contributed by atoms with Gasteiger partial charge in [-0.05, 0) is 20.3 Å². The minimum atomic E-state index is -4.40. The van der Waals surface area contributed by atoms with E-state index in [1.807, 2.05) is 26.0 Å². The summed E-state index contributed by atoms with van der Waals surface area (Å²) in [7, 11) is 1.50. The number of alkyl halides is 3. The van der Waals surface area contributed by atoms with Crippen molar-refractivity contribution in [2.45, 2.75) is 45.8 Å². The molecule has 0 N–H and O–H groups in total. The summed E-state index contributed by atoms with van der Waals surface area (Å²) in [5, 5.41) is 0. The van der Waals surface area contributed by atoms with Crippen LogP contribution in [0.5, 0.6) is 0 Å². The summed E-state index contributed by atoms with van der Waals surface area (Å²) in [4.78, 5) is 11.9. The maximum Gasteiger partial charge on any atom is 0.406 e. The molecule has 0 bridgehead atoms. The molecule has 3 nitrogen and oxygen atoms in total. The summed E-state index contributed by atoms with van der Waals surface area (Å²) in [6, 6.07) is 0. The lowest BCUT2D eigenvalue weighted by atomic mass is 10.0. The Morgan fingerprint density at radius 2 is 1.95 bits per heavy atom. The molecule has 0 radical (unpaired) electrons. The lowest BCUT2D eigenvalue weighted by Crippen LogP contribution is -2.30. The average Bonchev–Trinajstić information content (AvgIpc) is 2.49. The van der Waals surface area contributed by atoms with Crippen molar-refractivity contribution < 1.29 is 13.2 Å². The van der Waals surface area contributed by atoms with E-state index < -0.39 is 18.4 Å². The van der Waals surface area contributed by atoms with Gasteiger partial charge in [0.2, 0.25) is 0 Å². The zero-order chi connectivity index (χ0) is 14.8. The molecule has 0 amide bonds. The van der Waals surface area contributed by atoms with E-state index >= 15 is 0 Å². The van der Waals surface area contributed by atoms with E-state index in [1.54, 1.807) is 6.92 Å². The number of hydrogen-bond acceptors (Lipinski definition) is 1. The Balaban J connectivity index is 3.29. The van der Waals surface area contributed by atoms with Gasteiger partial charge in [-0.15, -0.1) is 0 Å². The molecular weight excluding hydrogens is 257 g/mol. The minimum absolute atomic E-state index is 0.132. The van der Waals surface area contributed by atoms with Crippen LogP contribution in [0.3, 0.4) is 0 Å². The first-order valence-corrected chi connectivity index (χ1v) is 6.13. The molecule has 1 unspecified atom stereocenters. The molecule has 1 aromatic heterocycles. The van der Waals surface area contributed by atoms with E-state index in [4.69, 9.17) is 0 Å². The van der Waals surface area contributed by atoms with Gasteiger partial charge in [0.1, 0.15) is 6.54 Å². The summed E-state index contributed by atoms with van der Waals surface area (Å²) >= 11 is 0. The van der Waals surface area contributed by atoms with Crippen LogP contribution in [0.15, 0.2) is 16.9 Å². The maximum atomic E-state index is 12.6. The molecule has 0 aliphatic carbocycles. The summed E-state index contributed by atoms with van der Waals surface area (Å²) in [6.07, 6.45) is -0.0498. The van der Waals surface area contributed by atoms with Crippen LogP contribution in [0.2, 0.25) is 0 Å². The second-order valence-electron chi connectivity index (χ2n) is 4.72. The summed E-state index contributed by atoms with van der Waals surface area (Å²) < 4.78 is 39.8. The second-order valence-corrected chi connectivity index (χ2v) is 4.72. The van der Waals surface area contributed by atoms with Crippen LogP contribution in [0.1, 0.15) is 37.6 Å². The van der Waals surface area contributed by atoms with Crippen molar-refractivity contribution in [3.05, 3.63) is 34.0 Å². The van der Waals surface area contributed by atoms with E-state index in [0.29, 0.717) is 17.8 Å². The molecule has 6 heteroatoms. The molecular formula is C13H19F3N2O. The van der Waals surface area contributed by atoms with Gasteiger partial charge in [0.05, 0.1) is 0 Å². The third-order valence-electron chi connectivity index (χ3n) is 3.21. The standard InChI is InChI=1S/C13H19F3N2O/c1-5-6-7-9(2)11-10(3)17(4)12(19)18(11)8-13(14,15)16/h5-6,9H,7-8H2,1-4H3/b6-5-. The molecule has 0 saturated carbocycles. The van der Waals surface area contributed by atoms with E-state index in [-0.39, 0.29) is 5.92 Å². The Morgan fingerprint density at radius 3 is 2.42 bits per heavy atom. The van der Waals surface area contributed by atoms with Crippen molar-refractivity contribution in [2.75, 3.05) is 0 Å². The van der Waals surface area contributed by atoms with Gasteiger partial charge in [-0.25, -0.2) is 4.79 Å². The monoisotopic (exact) mass is 276 g/mol. The zero-order valence-corrected chi connectivity index (χ0v) is 11.6. The highest BCUT2D eigenvalue weighted by Gasteiger charge is 2.32. The van der Waals surface area contributed by atoms with E-state index in [2.05, 4.69) is 0 Å². The fourth-order valence-corrected chi connectivity index (χ4v) is 2.20. The van der Waals surface area contributed by atoms with Crippen LogP contribution in [0, 0.1) is 6.92 Å². The van der Waals surface area contributed by atoms with Gasteiger partial charge in [-0.2, -0.15) is 13.2 Å². The number of rotatable bonds is 4. The molecule has 0 spiro atoms. The molecule has 1 heterocycles. The smallest absolute Gasteiger partial charge is 0.299 e. The lowest BCUT2D eigenvalue weighted by molar-refractivity contribution is -0.141. The van der Waals surface area contributed by atoms with E-state index in [1.165, 1.54) is 11.6 Å². The Morgan fingerprint density at radius 1 is 1.37 bits per heavy atom. The molecule has 0 saturated heterocycles. The molecule has 0 aliphatic heterocycles. The molecule has 0 aromatic carbocycles. The number of imidazole rings is 1. The highest BCUT2D eigenvalue weighted by Crippen LogP contribution is 2.25. The van der Waals surface area contributed by atoms with Crippen LogP contribution in [-0.2, 0) is 13.6 Å². The van der Waals surface area contributed by atoms with Crippen LogP contribution >= 0.6 is 0 Å². The van der Waals surface area contributed by atoms with Gasteiger partial charge in [-0.3, -0.25) is 9.13 Å². The van der Waals surface area contributed by atoms with Crippen LogP contribution in [-0.4, -0.2) is 15.3 Å². The first-order valence-electron chi connectivity index (χ1n) is 6.13. The molecule has 0 aliphatic rings. The van der Waals surface area contributed by atoms with Crippen molar-refractivity contribution in [3.8, 4) is 0 Å². The van der Waals surface area contributed by atoms with Gasteiger partial charge in [0, 0.05) is 24.4 Å². The van der Waals surface area contributed by atoms with Gasteiger partial charge in [0.25, 0.3) is 0 Å². The fraction of sp³-hybridized carbons (Fsp3) is 0.615. The molecule has 108 valence electrons. The van der Waals surface area contributed by atoms with Crippen molar-refractivity contribution in [1.82, 2.24) is 9.13 Å². The summed E-state index contributed by atoms with van der Waals surface area (Å²) in [6.45, 7) is 4.13. The Kier molecular flexibility index (Phi) is 4.66. The van der Waals surface area contributed by atoms with Crippen LogP contribution in [0.25, 0.3) is 0 Å². The first-order chi connectivity index (χ1) is 8.69. The molecule has 1 aromatic rings. The quantitative estimate of drug-likeness (QED) is 0.776. The van der Waals surface area contributed by atoms with Crippen LogP contribution < -0.4 is 5.69 Å². The predicted molar refractivity (Wildman–Crippen MR) is 68.3 cm³/mol. The Hall–Kier alpha value is -1.46. The van der Waals surface area contributed by atoms with Gasteiger partial charge in [0.15, 0.2) is 0 Å². The highest BCUT2D eigenvalue weighted by molar-refractivity contribution is 5.19. The Labute approximate surface area is 110 Å². The third-order valence-corrected chi connectivity index (χ3v) is 3.21. The first kappa shape index (κ1) is 15.6. The number of nitrogens with zero attached hydrogens (tertiary/aromatic N) is 2. The van der Waals surface area contributed by atoms with Gasteiger partial charge >= 0.3 is 11.9 Å². The minimum Gasteiger partial charge on any atom is -0.299 e. The fourth-order valence-electron chi connectivity index (χ4n) is 2.20. The number of halogens is 3. The van der Waals surface area contributed by atoms with Crippen LogP contribution in [0.4, 0.5) is 13.2 Å². The number of hydrogen-bond donors (Lipinski definition) is 0. The largest absolute Gasteiger partial charge is 0.406 e. The Bertz CT molecular complexity index is 523. The highest BCUT2D eigenvalue weighted by atomic mass is 19.4. The van der Waals surface area contributed by atoms with Crippen molar-refractivity contribution in [1.29, 1.82) is 0 Å². The van der Waals surface area contributed by atoms with Crippen molar-refractivity contribution in [2.24, 2.45) is 7.05 Å². The van der Waals surface area contributed by atoms with E-state index in [9.17, 15) is 18.0 Å². The maximum absolute atomic E-state index is 12.6. The van der Waals surface area contributed by atoms with Gasteiger partial charge < -0.3 is 0 Å². The average molecular weight is 276 g/mol. The second kappa shape index (κ2) is 5.67. The van der Waals surface area contributed by atoms with Crippen molar-refractivity contribution >= 4 is 0 Å². The van der Waals surface area contributed by atoms with Crippen molar-refractivity contribution in [3.63, 3.8) is 0 Å². The SMILES string of the molecule is C/C=C\CC(C)c1c(C)n(C)c(=O)n1CC(F)(F)F. The number of allylic oxidation sites excluding steroid dienone is 2. The molecule has 19 heavy (non-hydrogen) atoms. The normalized spacial score (nSPS) is 14.3. The predicted octanol–water partition coefficient (Wildman–Crippen LogP) is 3.13. The number of aromatic nitrogens is 2.